The van der Waals surface area contributed by atoms with E-state index in [0.29, 0.717) is 44.4 Å². The second-order valence-electron chi connectivity index (χ2n) is 21.6. The first kappa shape index (κ1) is 46.3. The SMILES string of the molecule is CC1CC2CCCC(C2)C12OCC(COC(=O)C13CCCC(C1)C1(OCC(F)(F)C(F)(F)CO1)C(C)C3)(COC(=O)C13CCCC(C1)C1(OCC(F)(F)C(F)(F)CO1)C(C)C3)CO2. The number of ether oxygens (including phenoxy) is 8. The summed E-state index contributed by atoms with van der Waals surface area (Å²) in [6, 6.07) is 0. The van der Waals surface area contributed by atoms with E-state index in [9.17, 15) is 44.7 Å². The molecule has 9 unspecified atom stereocenters. The maximum absolute atomic E-state index is 14.5. The molecule has 9 atom stereocenters. The van der Waals surface area contributed by atoms with Gasteiger partial charge in [0.2, 0.25) is 0 Å². The number of alkyl halides is 8. The second kappa shape index (κ2) is 15.6. The molecule has 3 aliphatic heterocycles. The molecule has 9 rings (SSSR count). The van der Waals surface area contributed by atoms with Crippen LogP contribution in [0, 0.1) is 57.7 Å². The first-order valence-electron chi connectivity index (χ1n) is 23.2. The van der Waals surface area contributed by atoms with Gasteiger partial charge in [0.25, 0.3) is 0 Å². The Bertz CT molecular complexity index is 1610. The molecule has 6 aliphatic carbocycles. The molecular weight excluding hydrogens is 852 g/mol. The van der Waals surface area contributed by atoms with Gasteiger partial charge in [-0.1, -0.05) is 46.5 Å². The molecular formula is C45H62F8O10. The van der Waals surface area contributed by atoms with Crippen LogP contribution in [0.2, 0.25) is 0 Å². The third-order valence-corrected chi connectivity index (χ3v) is 17.4. The summed E-state index contributed by atoms with van der Waals surface area (Å²) in [6.07, 6.45) is 8.12. The molecule has 3 heterocycles. The molecule has 6 bridgehead atoms. The van der Waals surface area contributed by atoms with Gasteiger partial charge in [0, 0.05) is 35.5 Å². The number of hydrogen-bond acceptors (Lipinski definition) is 10. The minimum Gasteiger partial charge on any atom is -0.464 e. The van der Waals surface area contributed by atoms with Crippen molar-refractivity contribution in [2.24, 2.45) is 57.7 Å². The maximum Gasteiger partial charge on any atom is 0.335 e. The summed E-state index contributed by atoms with van der Waals surface area (Å²) in [5, 5.41) is 0. The predicted molar refractivity (Wildman–Crippen MR) is 204 cm³/mol. The predicted octanol–water partition coefficient (Wildman–Crippen LogP) is 9.11. The number of esters is 2. The zero-order valence-electron chi connectivity index (χ0n) is 36.4. The van der Waals surface area contributed by atoms with Gasteiger partial charge in [-0.3, -0.25) is 9.59 Å². The maximum atomic E-state index is 14.5. The minimum atomic E-state index is -4.43. The summed E-state index contributed by atoms with van der Waals surface area (Å²) in [4.78, 5) is 28.9. The number of rotatable bonds is 6. The summed E-state index contributed by atoms with van der Waals surface area (Å²) in [5.74, 6) is -25.0. The highest BCUT2D eigenvalue weighted by Gasteiger charge is 2.69. The van der Waals surface area contributed by atoms with Crippen LogP contribution in [-0.2, 0) is 47.5 Å². The summed E-state index contributed by atoms with van der Waals surface area (Å²) < 4.78 is 164. The highest BCUT2D eigenvalue weighted by molar-refractivity contribution is 5.78. The highest BCUT2D eigenvalue weighted by Crippen LogP contribution is 2.61. The average molecular weight is 915 g/mol. The van der Waals surface area contributed by atoms with Gasteiger partial charge >= 0.3 is 35.6 Å². The van der Waals surface area contributed by atoms with E-state index >= 15 is 0 Å². The fourth-order valence-corrected chi connectivity index (χ4v) is 14.0. The Morgan fingerprint density at radius 1 is 0.476 bits per heavy atom. The average Bonchev–Trinajstić information content (AvgIpc) is 3.40. The quantitative estimate of drug-likeness (QED) is 0.189. The lowest BCUT2D eigenvalue weighted by atomic mass is 9.56. The van der Waals surface area contributed by atoms with Gasteiger partial charge in [0.05, 0.1) is 29.5 Å². The third kappa shape index (κ3) is 7.36. The summed E-state index contributed by atoms with van der Waals surface area (Å²) in [6.45, 7) is -1.04. The first-order valence-corrected chi connectivity index (χ1v) is 23.2. The van der Waals surface area contributed by atoms with E-state index in [4.69, 9.17) is 37.9 Å². The van der Waals surface area contributed by atoms with Crippen LogP contribution in [0.3, 0.4) is 0 Å². The van der Waals surface area contributed by atoms with Gasteiger partial charge in [-0.2, -0.15) is 35.1 Å². The van der Waals surface area contributed by atoms with Crippen molar-refractivity contribution >= 4 is 11.9 Å². The molecule has 0 aromatic carbocycles. The number of carbonyl (C=O) groups excluding carboxylic acids is 2. The van der Waals surface area contributed by atoms with Crippen LogP contribution < -0.4 is 0 Å². The number of carbonyl (C=O) groups is 2. The second-order valence-corrected chi connectivity index (χ2v) is 21.6. The van der Waals surface area contributed by atoms with Gasteiger partial charge in [-0.25, -0.2) is 0 Å². The van der Waals surface area contributed by atoms with Gasteiger partial charge in [0.1, 0.15) is 39.6 Å². The van der Waals surface area contributed by atoms with Crippen molar-refractivity contribution in [1.82, 2.24) is 0 Å². The lowest BCUT2D eigenvalue weighted by molar-refractivity contribution is -0.368. The fourth-order valence-electron chi connectivity index (χ4n) is 14.0. The molecule has 10 nitrogen and oxygen atoms in total. The largest absolute Gasteiger partial charge is 0.464 e. The van der Waals surface area contributed by atoms with E-state index in [1.807, 2.05) is 0 Å². The molecule has 63 heavy (non-hydrogen) atoms. The number of hydrogen-bond donors (Lipinski definition) is 0. The van der Waals surface area contributed by atoms with Crippen LogP contribution in [0.5, 0.6) is 0 Å². The van der Waals surface area contributed by atoms with E-state index in [2.05, 4.69) is 6.92 Å². The monoisotopic (exact) mass is 914 g/mol. The molecule has 9 fully saturated rings. The van der Waals surface area contributed by atoms with Crippen LogP contribution in [0.15, 0.2) is 0 Å². The molecule has 6 saturated carbocycles. The van der Waals surface area contributed by atoms with Crippen LogP contribution in [0.1, 0.15) is 117 Å². The van der Waals surface area contributed by atoms with E-state index in [1.165, 1.54) is 0 Å². The zero-order chi connectivity index (χ0) is 45.1. The molecule has 9 aliphatic rings. The number of fused-ring (bicyclic) bond motifs is 9. The Morgan fingerprint density at radius 3 is 1.29 bits per heavy atom. The van der Waals surface area contributed by atoms with Gasteiger partial charge < -0.3 is 37.9 Å². The van der Waals surface area contributed by atoms with E-state index in [1.54, 1.807) is 13.8 Å². The highest BCUT2D eigenvalue weighted by atomic mass is 19.3. The third-order valence-electron chi connectivity index (χ3n) is 17.4. The molecule has 3 saturated heterocycles. The first-order chi connectivity index (χ1) is 29.5. The topological polar surface area (TPSA) is 108 Å². The van der Waals surface area contributed by atoms with Gasteiger partial charge in [-0.05, 0) is 76.5 Å². The molecule has 3 spiro atoms. The fraction of sp³-hybridized carbons (Fsp3) is 0.956. The smallest absolute Gasteiger partial charge is 0.335 e. The van der Waals surface area contributed by atoms with E-state index < -0.39 is 119 Å². The molecule has 0 amide bonds. The van der Waals surface area contributed by atoms with Crippen molar-refractivity contribution in [3.05, 3.63) is 0 Å². The standard InChI is InChI=1S/C45H62F8O10/c1-27-13-30-7-4-8-31(14-30)43(27)58-21-36(22-59-43,19-56-34(54)37-11-5-9-32(17-37)44(28(2)15-37)60-23-39(46,47)40(48,49)24-61-44)20-57-35(55)38-12-6-10-33(18-38)45(29(3)16-38)62-25-41(50,51)42(52,53)26-63-45/h27-33H,4-26H2,1-3H3. The summed E-state index contributed by atoms with van der Waals surface area (Å²) >= 11 is 0. The van der Waals surface area contributed by atoms with Crippen LogP contribution in [-0.4, -0.2) is 106 Å². The van der Waals surface area contributed by atoms with Crippen LogP contribution >= 0.6 is 0 Å². The molecule has 0 radical (unpaired) electrons. The molecule has 0 N–H and O–H groups in total. The van der Waals surface area contributed by atoms with Crippen molar-refractivity contribution in [1.29, 1.82) is 0 Å². The van der Waals surface area contributed by atoms with Gasteiger partial charge in [-0.15, -0.1) is 0 Å². The lowest BCUT2D eigenvalue weighted by Crippen LogP contribution is -2.63. The number of halogens is 8. The molecule has 0 aromatic rings. The summed E-state index contributed by atoms with van der Waals surface area (Å²) in [5.41, 5.74) is -3.32. The summed E-state index contributed by atoms with van der Waals surface area (Å²) in [7, 11) is 0. The van der Waals surface area contributed by atoms with Crippen molar-refractivity contribution < 1.29 is 82.6 Å². The van der Waals surface area contributed by atoms with Crippen molar-refractivity contribution in [2.75, 3.05) is 52.9 Å². The van der Waals surface area contributed by atoms with Gasteiger partial charge in [0.15, 0.2) is 17.4 Å². The molecule has 0 aromatic heterocycles. The van der Waals surface area contributed by atoms with Crippen LogP contribution in [0.4, 0.5) is 35.1 Å². The molecule has 18 heteroatoms. The minimum absolute atomic E-state index is 0.0392. The van der Waals surface area contributed by atoms with E-state index in [0.717, 1.165) is 32.1 Å². The van der Waals surface area contributed by atoms with E-state index in [-0.39, 0.29) is 63.9 Å². The Labute approximate surface area is 362 Å². The Kier molecular flexibility index (Phi) is 11.5. The lowest BCUT2D eigenvalue weighted by Gasteiger charge is -2.57. The Hall–Kier alpha value is -1.86. The van der Waals surface area contributed by atoms with Crippen molar-refractivity contribution in [2.45, 2.75) is 158 Å². The normalized spacial score (nSPS) is 45.4. The Balaban J connectivity index is 0.923. The Morgan fingerprint density at radius 2 is 0.857 bits per heavy atom. The van der Waals surface area contributed by atoms with Crippen molar-refractivity contribution in [3.8, 4) is 0 Å². The zero-order valence-corrected chi connectivity index (χ0v) is 36.4. The molecule has 358 valence electrons. The van der Waals surface area contributed by atoms with Crippen LogP contribution in [0.25, 0.3) is 0 Å². The van der Waals surface area contributed by atoms with Crippen molar-refractivity contribution in [3.63, 3.8) is 0 Å².